The number of thioether (sulfide) groups is 1. The van der Waals surface area contributed by atoms with Crippen molar-refractivity contribution in [2.45, 2.75) is 69.7 Å². The summed E-state index contributed by atoms with van der Waals surface area (Å²) in [6.45, 7) is 10.8. The van der Waals surface area contributed by atoms with Crippen LogP contribution in [-0.2, 0) is 9.53 Å². The van der Waals surface area contributed by atoms with Crippen LogP contribution in [-0.4, -0.2) is 59.5 Å². The summed E-state index contributed by atoms with van der Waals surface area (Å²) < 4.78 is 18.5. The van der Waals surface area contributed by atoms with E-state index in [-0.39, 0.29) is 30.2 Å². The molecule has 0 saturated carbocycles. The number of nitrogens with one attached hydrogen (secondary N) is 2. The second kappa shape index (κ2) is 10.3. The molecular weight excluding hydrogens is 393 g/mol. The molecule has 0 aliphatic carbocycles. The summed E-state index contributed by atoms with van der Waals surface area (Å²) in [5, 5.41) is 6.19. The minimum absolute atomic E-state index is 0.00612. The van der Waals surface area contributed by atoms with E-state index in [1.54, 1.807) is 32.9 Å². The second-order valence-corrected chi connectivity index (χ2v) is 9.61. The zero-order chi connectivity index (χ0) is 21.6. The van der Waals surface area contributed by atoms with Gasteiger partial charge in [0.25, 0.3) is 0 Å². The quantitative estimate of drug-likeness (QED) is 0.684. The lowest BCUT2D eigenvalue weighted by Gasteiger charge is -2.38. The zero-order valence-corrected chi connectivity index (χ0v) is 18.6. The van der Waals surface area contributed by atoms with Crippen LogP contribution in [0.5, 0.6) is 0 Å². The molecule has 2 amide bonds. The van der Waals surface area contributed by atoms with E-state index in [2.05, 4.69) is 10.6 Å². The van der Waals surface area contributed by atoms with Gasteiger partial charge in [-0.25, -0.2) is 9.18 Å². The molecule has 2 N–H and O–H groups in total. The molecule has 162 valence electrons. The van der Waals surface area contributed by atoms with Crippen LogP contribution >= 0.6 is 11.8 Å². The van der Waals surface area contributed by atoms with Gasteiger partial charge in [0.15, 0.2) is 0 Å². The molecule has 6 nitrogen and oxygen atoms in total. The fraction of sp³-hybridized carbons (Fsp3) is 0.619. The number of amides is 2. The van der Waals surface area contributed by atoms with E-state index in [9.17, 15) is 14.0 Å². The predicted molar refractivity (Wildman–Crippen MR) is 114 cm³/mol. The molecule has 0 spiro atoms. The molecule has 1 aliphatic rings. The van der Waals surface area contributed by atoms with Gasteiger partial charge < -0.3 is 20.3 Å². The Morgan fingerprint density at radius 1 is 1.31 bits per heavy atom. The fourth-order valence-electron chi connectivity index (χ4n) is 3.05. The Labute approximate surface area is 176 Å². The van der Waals surface area contributed by atoms with E-state index in [4.69, 9.17) is 4.74 Å². The lowest BCUT2D eigenvalue weighted by atomic mass is 10.1. The first-order valence-corrected chi connectivity index (χ1v) is 10.9. The van der Waals surface area contributed by atoms with Crippen LogP contribution in [0.1, 0.15) is 41.0 Å². The van der Waals surface area contributed by atoms with Gasteiger partial charge in [0.05, 0.1) is 6.04 Å². The number of nitrogens with zero attached hydrogens (tertiary/aromatic N) is 1. The lowest BCUT2D eigenvalue weighted by Crippen LogP contribution is -2.57. The van der Waals surface area contributed by atoms with Crippen LogP contribution in [0.2, 0.25) is 0 Å². The second-order valence-electron chi connectivity index (χ2n) is 8.52. The van der Waals surface area contributed by atoms with Crippen molar-refractivity contribution < 1.29 is 18.7 Å². The van der Waals surface area contributed by atoms with E-state index in [1.807, 2.05) is 18.7 Å². The highest BCUT2D eigenvalue weighted by atomic mass is 32.2. The average Bonchev–Trinajstić information content (AvgIpc) is 2.61. The van der Waals surface area contributed by atoms with Gasteiger partial charge in [0.1, 0.15) is 11.4 Å². The third-order valence-electron chi connectivity index (χ3n) is 4.49. The van der Waals surface area contributed by atoms with Crippen molar-refractivity contribution in [3.63, 3.8) is 0 Å². The van der Waals surface area contributed by atoms with Crippen molar-refractivity contribution in [2.75, 3.05) is 18.8 Å². The fourth-order valence-corrected chi connectivity index (χ4v) is 3.97. The van der Waals surface area contributed by atoms with Crippen molar-refractivity contribution in [2.24, 2.45) is 0 Å². The largest absolute Gasteiger partial charge is 0.444 e. The Morgan fingerprint density at radius 3 is 2.59 bits per heavy atom. The van der Waals surface area contributed by atoms with E-state index in [0.29, 0.717) is 12.3 Å². The number of hydrogen-bond acceptors (Lipinski definition) is 5. The molecule has 1 heterocycles. The van der Waals surface area contributed by atoms with Crippen molar-refractivity contribution >= 4 is 23.8 Å². The van der Waals surface area contributed by atoms with Crippen molar-refractivity contribution in [3.05, 3.63) is 30.1 Å². The van der Waals surface area contributed by atoms with Crippen LogP contribution in [0.25, 0.3) is 0 Å². The minimum atomic E-state index is -0.620. The molecule has 2 rings (SSSR count). The minimum Gasteiger partial charge on any atom is -0.444 e. The van der Waals surface area contributed by atoms with Gasteiger partial charge in [0, 0.05) is 42.2 Å². The van der Waals surface area contributed by atoms with Crippen LogP contribution in [0.4, 0.5) is 9.18 Å². The highest BCUT2D eigenvalue weighted by molar-refractivity contribution is 7.99. The number of ether oxygens (including phenoxy) is 1. The highest BCUT2D eigenvalue weighted by Gasteiger charge is 2.29. The summed E-state index contributed by atoms with van der Waals surface area (Å²) in [7, 11) is 0. The summed E-state index contributed by atoms with van der Waals surface area (Å²) in [4.78, 5) is 27.9. The maximum absolute atomic E-state index is 13.1. The molecule has 1 aliphatic heterocycles. The van der Waals surface area contributed by atoms with Gasteiger partial charge in [-0.1, -0.05) is 0 Å². The maximum atomic E-state index is 13.1. The number of hydrogen-bond donors (Lipinski definition) is 2. The maximum Gasteiger partial charge on any atom is 0.407 e. The van der Waals surface area contributed by atoms with Gasteiger partial charge in [0.2, 0.25) is 5.91 Å². The number of benzene rings is 1. The van der Waals surface area contributed by atoms with Crippen LogP contribution in [0.15, 0.2) is 29.2 Å². The Kier molecular flexibility index (Phi) is 8.34. The summed E-state index contributed by atoms with van der Waals surface area (Å²) in [6, 6.07) is 6.11. The van der Waals surface area contributed by atoms with Gasteiger partial charge in [-0.15, -0.1) is 11.8 Å². The SMILES string of the molecule is C[C@@H]1CN[C@@H](C)CN1C(=O)C[C@@H](CSc1ccc(F)cc1)NC(=O)OC(C)(C)C. The molecule has 0 bridgehead atoms. The number of halogens is 1. The predicted octanol–water partition coefficient (Wildman–Crippen LogP) is 3.41. The first-order chi connectivity index (χ1) is 13.5. The third-order valence-corrected chi connectivity index (χ3v) is 5.67. The first kappa shape index (κ1) is 23.5. The third kappa shape index (κ3) is 8.22. The Morgan fingerprint density at radius 2 is 1.97 bits per heavy atom. The number of carbonyl (C=O) groups excluding carboxylic acids is 2. The summed E-state index contributed by atoms with van der Waals surface area (Å²) in [5.74, 6) is 0.188. The lowest BCUT2D eigenvalue weighted by molar-refractivity contribution is -0.135. The Bertz CT molecular complexity index is 693. The summed E-state index contributed by atoms with van der Waals surface area (Å²) >= 11 is 1.47. The number of carbonyl (C=O) groups is 2. The van der Waals surface area contributed by atoms with Crippen molar-refractivity contribution in [1.29, 1.82) is 0 Å². The number of rotatable bonds is 6. The molecule has 29 heavy (non-hydrogen) atoms. The first-order valence-electron chi connectivity index (χ1n) is 9.94. The zero-order valence-electron chi connectivity index (χ0n) is 17.8. The van der Waals surface area contributed by atoms with E-state index < -0.39 is 17.7 Å². The summed E-state index contributed by atoms with van der Waals surface area (Å²) in [6.07, 6.45) is -0.360. The Balaban J connectivity index is 2.03. The smallest absolute Gasteiger partial charge is 0.407 e. The number of piperazine rings is 1. The monoisotopic (exact) mass is 425 g/mol. The molecule has 0 aromatic heterocycles. The molecule has 1 saturated heterocycles. The Hall–Kier alpha value is -1.80. The average molecular weight is 426 g/mol. The van der Waals surface area contributed by atoms with Crippen LogP contribution in [0, 0.1) is 5.82 Å². The van der Waals surface area contributed by atoms with Gasteiger partial charge in [-0.2, -0.15) is 0 Å². The van der Waals surface area contributed by atoms with Gasteiger partial charge >= 0.3 is 6.09 Å². The van der Waals surface area contributed by atoms with E-state index >= 15 is 0 Å². The van der Waals surface area contributed by atoms with E-state index in [0.717, 1.165) is 11.4 Å². The highest BCUT2D eigenvalue weighted by Crippen LogP contribution is 2.21. The van der Waals surface area contributed by atoms with Crippen LogP contribution in [0.3, 0.4) is 0 Å². The molecular formula is C21H32FN3O3S. The molecule has 0 unspecified atom stereocenters. The van der Waals surface area contributed by atoms with E-state index in [1.165, 1.54) is 23.9 Å². The van der Waals surface area contributed by atoms with Crippen molar-refractivity contribution in [1.82, 2.24) is 15.5 Å². The summed E-state index contributed by atoms with van der Waals surface area (Å²) in [5.41, 5.74) is -0.620. The number of alkyl carbamates (subject to hydrolysis) is 1. The molecule has 1 aromatic carbocycles. The van der Waals surface area contributed by atoms with Crippen molar-refractivity contribution in [3.8, 4) is 0 Å². The van der Waals surface area contributed by atoms with Gasteiger partial charge in [-0.3, -0.25) is 4.79 Å². The normalized spacial score (nSPS) is 20.8. The van der Waals surface area contributed by atoms with Gasteiger partial charge in [-0.05, 0) is 58.9 Å². The molecule has 8 heteroatoms. The molecule has 0 radical (unpaired) electrons. The standard InChI is InChI=1S/C21H32FN3O3S/c1-14-12-25(15(2)11-23-14)19(26)10-17(24-20(27)28-21(3,4)5)13-29-18-8-6-16(22)7-9-18/h6-9,14-15,17,23H,10-13H2,1-5H3,(H,24,27)/t14-,15+,17-/m0/s1. The molecule has 3 atom stereocenters. The molecule has 1 aromatic rings. The molecule has 1 fully saturated rings. The topological polar surface area (TPSA) is 70.7 Å². The van der Waals surface area contributed by atoms with Crippen LogP contribution < -0.4 is 10.6 Å².